The first-order valence-corrected chi connectivity index (χ1v) is 12.8. The van der Waals surface area contributed by atoms with E-state index in [1.165, 1.54) is 25.6 Å². The van der Waals surface area contributed by atoms with E-state index in [0.29, 0.717) is 0 Å². The number of amides is 3. The lowest BCUT2D eigenvalue weighted by Gasteiger charge is -2.26. The number of rotatable bonds is 13. The summed E-state index contributed by atoms with van der Waals surface area (Å²) in [5.74, 6) is -5.11. The Morgan fingerprint density at radius 3 is 2.40 bits per heavy atom. The van der Waals surface area contributed by atoms with E-state index in [1.54, 1.807) is 24.3 Å². The predicted molar refractivity (Wildman–Crippen MR) is 141 cm³/mol. The SMILES string of the molecule is CNC(=O)C[C@]1(CC(=O)O)OB([C@H](CC(C)C)NC(=O)[C@H](Cc2ccccc2)NC(=O)c2cnccn2)OC1=O. The number of hydrogen-bond acceptors (Lipinski definition) is 9. The Morgan fingerprint density at radius 2 is 1.80 bits per heavy atom. The first-order chi connectivity index (χ1) is 19.0. The standard InChI is InChI=1S/C26H32BN5O8/c1-16(2)11-20(27-39-25(38)26(40-27,14-22(34)35)13-21(33)28-3)32-23(36)18(12-17-7-5-4-6-8-17)31-24(37)19-15-29-9-10-30-19/h4-10,15-16,18,20H,11-14H2,1-3H3,(H,28,33)(H,31,37)(H,32,36)(H,34,35)/t18-,20-,26+/m0/s1. The van der Waals surface area contributed by atoms with Gasteiger partial charge in [0.05, 0.1) is 25.0 Å². The van der Waals surface area contributed by atoms with Gasteiger partial charge in [0.2, 0.25) is 11.8 Å². The highest BCUT2D eigenvalue weighted by molar-refractivity contribution is 6.51. The summed E-state index contributed by atoms with van der Waals surface area (Å²) >= 11 is 0. The number of nitrogens with zero attached hydrogens (tertiary/aromatic N) is 2. The number of aliphatic carboxylic acids is 1. The maximum absolute atomic E-state index is 13.6. The minimum atomic E-state index is -2.06. The van der Waals surface area contributed by atoms with Crippen molar-refractivity contribution in [3.63, 3.8) is 0 Å². The minimum absolute atomic E-state index is 0.0113. The molecule has 2 heterocycles. The smallest absolute Gasteiger partial charge is 0.506 e. The van der Waals surface area contributed by atoms with Crippen LogP contribution in [0, 0.1) is 5.92 Å². The van der Waals surface area contributed by atoms with Crippen LogP contribution in [0.25, 0.3) is 0 Å². The lowest BCUT2D eigenvalue weighted by molar-refractivity contribution is -0.154. The van der Waals surface area contributed by atoms with E-state index in [4.69, 9.17) is 9.31 Å². The number of hydrogen-bond donors (Lipinski definition) is 4. The lowest BCUT2D eigenvalue weighted by Crippen LogP contribution is -2.56. The summed E-state index contributed by atoms with van der Waals surface area (Å²) < 4.78 is 11.2. The fourth-order valence-corrected chi connectivity index (χ4v) is 4.29. The van der Waals surface area contributed by atoms with Gasteiger partial charge in [0.25, 0.3) is 5.91 Å². The number of carbonyl (C=O) groups is 5. The van der Waals surface area contributed by atoms with Crippen LogP contribution < -0.4 is 16.0 Å². The zero-order chi connectivity index (χ0) is 29.3. The molecule has 3 rings (SSSR count). The van der Waals surface area contributed by atoms with Gasteiger partial charge in [-0.25, -0.2) is 4.98 Å². The number of carboxylic acid groups (broad SMARTS) is 1. The van der Waals surface area contributed by atoms with Crippen LogP contribution in [0.3, 0.4) is 0 Å². The topological polar surface area (TPSA) is 186 Å². The molecule has 1 aromatic carbocycles. The number of nitrogens with one attached hydrogen (secondary N) is 3. The summed E-state index contributed by atoms with van der Waals surface area (Å²) in [6.45, 7) is 3.75. The van der Waals surface area contributed by atoms with E-state index in [2.05, 4.69) is 25.9 Å². The van der Waals surface area contributed by atoms with Gasteiger partial charge in [-0.05, 0) is 17.9 Å². The molecule has 1 fully saturated rings. The highest BCUT2D eigenvalue weighted by Crippen LogP contribution is 2.32. The molecule has 3 amide bonds. The summed E-state index contributed by atoms with van der Waals surface area (Å²) in [6, 6.07) is 7.98. The molecule has 0 unspecified atom stereocenters. The third-order valence-corrected chi connectivity index (χ3v) is 6.18. The molecular weight excluding hydrogens is 521 g/mol. The van der Waals surface area contributed by atoms with Crippen LogP contribution in [0.2, 0.25) is 0 Å². The summed E-state index contributed by atoms with van der Waals surface area (Å²) in [4.78, 5) is 70.8. The van der Waals surface area contributed by atoms with Gasteiger partial charge in [0.1, 0.15) is 11.7 Å². The third kappa shape index (κ3) is 8.09. The molecule has 0 spiro atoms. The molecule has 1 aliphatic rings. The second kappa shape index (κ2) is 13.6. The van der Waals surface area contributed by atoms with E-state index in [9.17, 15) is 29.1 Å². The van der Waals surface area contributed by atoms with E-state index in [-0.39, 0.29) is 24.5 Å². The number of aromatic nitrogens is 2. The Bertz CT molecular complexity index is 1220. The Balaban J connectivity index is 1.85. The van der Waals surface area contributed by atoms with Crippen molar-refractivity contribution in [2.45, 2.75) is 57.1 Å². The average molecular weight is 553 g/mol. The van der Waals surface area contributed by atoms with Crippen molar-refractivity contribution in [1.29, 1.82) is 0 Å². The van der Waals surface area contributed by atoms with Crippen LogP contribution in [-0.4, -0.2) is 76.5 Å². The van der Waals surface area contributed by atoms with Crippen molar-refractivity contribution in [3.05, 3.63) is 60.2 Å². The Kier molecular flexibility index (Phi) is 10.3. The Hall–Kier alpha value is -4.33. The van der Waals surface area contributed by atoms with Gasteiger partial charge < -0.3 is 30.4 Å². The maximum atomic E-state index is 13.6. The van der Waals surface area contributed by atoms with Crippen molar-refractivity contribution in [3.8, 4) is 0 Å². The van der Waals surface area contributed by atoms with Crippen LogP contribution >= 0.6 is 0 Å². The van der Waals surface area contributed by atoms with Gasteiger partial charge in [-0.3, -0.25) is 29.0 Å². The second-order valence-corrected chi connectivity index (χ2v) is 9.86. The molecule has 13 nitrogen and oxygen atoms in total. The maximum Gasteiger partial charge on any atom is 0.552 e. The van der Waals surface area contributed by atoms with Crippen molar-refractivity contribution >= 4 is 36.8 Å². The summed E-state index contributed by atoms with van der Waals surface area (Å²) in [7, 11) is -0.0191. The predicted octanol–water partition coefficient (Wildman–Crippen LogP) is 0.299. The molecule has 0 bridgehead atoms. The summed E-state index contributed by atoms with van der Waals surface area (Å²) in [6.07, 6.45) is 3.09. The second-order valence-electron chi connectivity index (χ2n) is 9.86. The van der Waals surface area contributed by atoms with Crippen LogP contribution in [0.4, 0.5) is 0 Å². The first-order valence-electron chi connectivity index (χ1n) is 12.8. The van der Waals surface area contributed by atoms with Gasteiger partial charge in [-0.15, -0.1) is 0 Å². The Morgan fingerprint density at radius 1 is 1.07 bits per heavy atom. The van der Waals surface area contributed by atoms with Crippen LogP contribution in [0.15, 0.2) is 48.9 Å². The highest BCUT2D eigenvalue weighted by atomic mass is 16.7. The van der Waals surface area contributed by atoms with Crippen molar-refractivity contribution in [2.24, 2.45) is 5.92 Å². The van der Waals surface area contributed by atoms with Crippen LogP contribution in [0.5, 0.6) is 0 Å². The van der Waals surface area contributed by atoms with Crippen molar-refractivity contribution in [2.75, 3.05) is 7.05 Å². The normalized spacial score (nSPS) is 18.0. The minimum Gasteiger partial charge on any atom is -0.506 e. The lowest BCUT2D eigenvalue weighted by atomic mass is 9.73. The molecule has 1 aromatic heterocycles. The Labute approximate surface area is 231 Å². The van der Waals surface area contributed by atoms with Crippen LogP contribution in [-0.2, 0) is 34.9 Å². The molecule has 1 aliphatic heterocycles. The van der Waals surface area contributed by atoms with Gasteiger partial charge >= 0.3 is 19.1 Å². The molecular formula is C26H32BN5O8. The molecule has 0 aliphatic carbocycles. The van der Waals surface area contributed by atoms with E-state index < -0.39 is 67.2 Å². The van der Waals surface area contributed by atoms with E-state index >= 15 is 0 Å². The molecule has 1 saturated heterocycles. The molecule has 0 saturated carbocycles. The number of benzene rings is 1. The van der Waals surface area contributed by atoms with Crippen LogP contribution in [0.1, 0.15) is 49.2 Å². The fourth-order valence-electron chi connectivity index (χ4n) is 4.29. The monoisotopic (exact) mass is 553 g/mol. The zero-order valence-electron chi connectivity index (χ0n) is 22.5. The van der Waals surface area contributed by atoms with E-state index in [1.807, 2.05) is 19.9 Å². The molecule has 3 atom stereocenters. The highest BCUT2D eigenvalue weighted by Gasteiger charge is 2.57. The van der Waals surface area contributed by atoms with Gasteiger partial charge in [0.15, 0.2) is 5.60 Å². The molecule has 40 heavy (non-hydrogen) atoms. The number of carbonyl (C=O) groups excluding carboxylic acids is 4. The summed E-state index contributed by atoms with van der Waals surface area (Å²) in [5, 5.41) is 17.2. The van der Waals surface area contributed by atoms with Crippen molar-refractivity contribution in [1.82, 2.24) is 25.9 Å². The third-order valence-electron chi connectivity index (χ3n) is 6.18. The molecule has 2 aromatic rings. The first kappa shape index (κ1) is 30.2. The van der Waals surface area contributed by atoms with Gasteiger partial charge in [-0.2, -0.15) is 0 Å². The van der Waals surface area contributed by atoms with Crippen molar-refractivity contribution < 1.29 is 38.4 Å². The zero-order valence-corrected chi connectivity index (χ0v) is 22.5. The molecule has 0 radical (unpaired) electrons. The van der Waals surface area contributed by atoms with E-state index in [0.717, 1.165) is 5.56 Å². The molecule has 14 heteroatoms. The average Bonchev–Trinajstić information content (AvgIpc) is 3.22. The van der Waals surface area contributed by atoms with Gasteiger partial charge in [0, 0.05) is 25.9 Å². The molecule has 4 N–H and O–H groups in total. The summed E-state index contributed by atoms with van der Waals surface area (Å²) in [5.41, 5.74) is -1.26. The number of carboxylic acids is 1. The fraction of sp³-hybridized carbons (Fsp3) is 0.423. The largest absolute Gasteiger partial charge is 0.552 e. The quantitative estimate of drug-likeness (QED) is 0.251. The van der Waals surface area contributed by atoms with Gasteiger partial charge in [-0.1, -0.05) is 44.2 Å². The molecule has 212 valence electrons.